The summed E-state index contributed by atoms with van der Waals surface area (Å²) in [5, 5.41) is -0.451. The van der Waals surface area contributed by atoms with Crippen LogP contribution in [0.25, 0.3) is 0 Å². The Morgan fingerprint density at radius 2 is 1.88 bits per heavy atom. The highest BCUT2D eigenvalue weighted by Crippen LogP contribution is 2.18. The minimum Gasteiger partial charge on any atom is -0.445 e. The maximum atomic E-state index is 12.3. The largest absolute Gasteiger partial charge is 0.445 e. The number of carbonyl (C=O) groups is 1. The molecule has 7 nitrogen and oxygen atoms in total. The third kappa shape index (κ3) is 6.30. The highest BCUT2D eigenvalue weighted by atomic mass is 32.2. The van der Waals surface area contributed by atoms with E-state index >= 15 is 0 Å². The summed E-state index contributed by atoms with van der Waals surface area (Å²) in [5.41, 5.74) is 0.929. The van der Waals surface area contributed by atoms with Gasteiger partial charge in [-0.25, -0.2) is 17.9 Å². The molecule has 0 atom stereocenters. The molecule has 1 fully saturated rings. The van der Waals surface area contributed by atoms with Crippen LogP contribution in [0.1, 0.15) is 18.4 Å². The van der Waals surface area contributed by atoms with Gasteiger partial charge in [-0.15, -0.1) is 0 Å². The Balaban J connectivity index is 1.75. The first-order valence-electron chi connectivity index (χ1n) is 8.47. The van der Waals surface area contributed by atoms with Gasteiger partial charge in [0.25, 0.3) is 0 Å². The zero-order valence-corrected chi connectivity index (χ0v) is 15.7. The number of carbonyl (C=O) groups excluding carboxylic acids is 1. The fraction of sp³-hybridized carbons (Fsp3) is 0.588. The van der Waals surface area contributed by atoms with E-state index in [1.807, 2.05) is 49.3 Å². The molecule has 0 radical (unpaired) electrons. The van der Waals surface area contributed by atoms with Gasteiger partial charge in [0.1, 0.15) is 6.61 Å². The minimum absolute atomic E-state index is 0.226. The van der Waals surface area contributed by atoms with Crippen LogP contribution in [-0.2, 0) is 21.4 Å². The van der Waals surface area contributed by atoms with Gasteiger partial charge in [-0.1, -0.05) is 30.3 Å². The van der Waals surface area contributed by atoms with Gasteiger partial charge in [-0.2, -0.15) is 0 Å². The summed E-state index contributed by atoms with van der Waals surface area (Å²) < 4.78 is 32.5. The van der Waals surface area contributed by atoms with Crippen molar-refractivity contribution in [2.75, 3.05) is 40.3 Å². The topological polar surface area (TPSA) is 79.0 Å². The molecule has 0 unspecified atom stereocenters. The zero-order valence-electron chi connectivity index (χ0n) is 14.8. The van der Waals surface area contributed by atoms with E-state index in [1.54, 1.807) is 4.90 Å². The number of likely N-dealkylation sites (tertiary alicyclic amines) is 1. The van der Waals surface area contributed by atoms with Crippen molar-refractivity contribution in [1.82, 2.24) is 14.5 Å². The van der Waals surface area contributed by atoms with Crippen LogP contribution in [0.3, 0.4) is 0 Å². The molecule has 8 heteroatoms. The number of sulfonamides is 1. The summed E-state index contributed by atoms with van der Waals surface area (Å²) in [5.74, 6) is 0. The van der Waals surface area contributed by atoms with E-state index in [4.69, 9.17) is 4.74 Å². The number of hydrogen-bond acceptors (Lipinski definition) is 5. The van der Waals surface area contributed by atoms with Gasteiger partial charge in [-0.05, 0) is 32.5 Å². The van der Waals surface area contributed by atoms with Crippen molar-refractivity contribution in [3.05, 3.63) is 35.9 Å². The number of hydrogen-bond donors (Lipinski definition) is 1. The molecular formula is C17H27N3O4S. The molecule has 1 saturated heterocycles. The van der Waals surface area contributed by atoms with Crippen molar-refractivity contribution in [3.63, 3.8) is 0 Å². The third-order valence-electron chi connectivity index (χ3n) is 4.21. The molecule has 25 heavy (non-hydrogen) atoms. The maximum Gasteiger partial charge on any atom is 0.410 e. The molecule has 1 aromatic carbocycles. The van der Waals surface area contributed by atoms with E-state index in [0.717, 1.165) is 5.56 Å². The third-order valence-corrected chi connectivity index (χ3v) is 6.16. The second kappa shape index (κ2) is 9.17. The van der Waals surface area contributed by atoms with Gasteiger partial charge in [-0.3, -0.25) is 0 Å². The Bertz CT molecular complexity index is 641. The smallest absolute Gasteiger partial charge is 0.410 e. The Kier molecular flexibility index (Phi) is 7.22. The zero-order chi connectivity index (χ0) is 18.3. The number of ether oxygens (including phenoxy) is 1. The Morgan fingerprint density at radius 3 is 2.48 bits per heavy atom. The number of amides is 1. The molecule has 1 aliphatic rings. The van der Waals surface area contributed by atoms with Crippen LogP contribution < -0.4 is 4.72 Å². The lowest BCUT2D eigenvalue weighted by Crippen LogP contribution is -2.46. The molecule has 1 aromatic rings. The van der Waals surface area contributed by atoms with E-state index in [0.29, 0.717) is 39.0 Å². The lowest BCUT2D eigenvalue weighted by atomic mass is 10.1. The second-order valence-electron chi connectivity index (χ2n) is 6.47. The molecule has 0 saturated carbocycles. The Labute approximate surface area is 150 Å². The number of rotatable bonds is 7. The summed E-state index contributed by atoms with van der Waals surface area (Å²) in [6.45, 7) is 2.07. The summed E-state index contributed by atoms with van der Waals surface area (Å²) in [7, 11) is 0.454. The highest BCUT2D eigenvalue weighted by molar-refractivity contribution is 7.90. The first-order chi connectivity index (χ1) is 11.9. The fourth-order valence-electron chi connectivity index (χ4n) is 2.69. The van der Waals surface area contributed by atoms with Gasteiger partial charge in [0.2, 0.25) is 10.0 Å². The summed E-state index contributed by atoms with van der Waals surface area (Å²) in [6, 6.07) is 9.48. The number of benzene rings is 1. The molecule has 0 aromatic heterocycles. The molecule has 1 aliphatic heterocycles. The van der Waals surface area contributed by atoms with Gasteiger partial charge in [0.15, 0.2) is 0 Å². The molecule has 0 spiro atoms. The molecule has 0 aliphatic carbocycles. The van der Waals surface area contributed by atoms with Crippen LogP contribution in [-0.4, -0.2) is 69.8 Å². The number of piperidine rings is 1. The van der Waals surface area contributed by atoms with E-state index < -0.39 is 15.3 Å². The van der Waals surface area contributed by atoms with E-state index in [9.17, 15) is 13.2 Å². The van der Waals surface area contributed by atoms with Crippen LogP contribution in [0.5, 0.6) is 0 Å². The van der Waals surface area contributed by atoms with Gasteiger partial charge < -0.3 is 14.5 Å². The SMILES string of the molecule is CN(C)CCNS(=O)(=O)C1CCN(C(=O)OCc2ccccc2)CC1. The average Bonchev–Trinajstić information content (AvgIpc) is 2.60. The van der Waals surface area contributed by atoms with Gasteiger partial charge in [0.05, 0.1) is 5.25 Å². The van der Waals surface area contributed by atoms with Crippen molar-refractivity contribution in [2.45, 2.75) is 24.7 Å². The summed E-state index contributed by atoms with van der Waals surface area (Å²) in [6.07, 6.45) is 0.468. The highest BCUT2D eigenvalue weighted by Gasteiger charge is 2.31. The van der Waals surface area contributed by atoms with Crippen molar-refractivity contribution in [2.24, 2.45) is 0 Å². The summed E-state index contributed by atoms with van der Waals surface area (Å²) in [4.78, 5) is 15.6. The van der Waals surface area contributed by atoms with Crippen LogP contribution in [0.15, 0.2) is 30.3 Å². The van der Waals surface area contributed by atoms with Crippen LogP contribution in [0, 0.1) is 0 Å². The minimum atomic E-state index is -3.34. The Hall–Kier alpha value is -1.64. The lowest BCUT2D eigenvalue weighted by molar-refractivity contribution is 0.0897. The standard InChI is InChI=1S/C17H27N3O4S/c1-19(2)13-10-18-25(22,23)16-8-11-20(12-9-16)17(21)24-14-15-6-4-3-5-7-15/h3-7,16,18H,8-14H2,1-2H3. The van der Waals surface area contributed by atoms with Crippen LogP contribution in [0.4, 0.5) is 4.79 Å². The molecular weight excluding hydrogens is 342 g/mol. The lowest BCUT2D eigenvalue weighted by Gasteiger charge is -2.31. The number of likely N-dealkylation sites (N-methyl/N-ethyl adjacent to an activating group) is 1. The van der Waals surface area contributed by atoms with Gasteiger partial charge in [0, 0.05) is 26.2 Å². The van der Waals surface area contributed by atoms with Crippen LogP contribution >= 0.6 is 0 Å². The first kappa shape index (κ1) is 19.7. The monoisotopic (exact) mass is 369 g/mol. The number of nitrogens with zero attached hydrogens (tertiary/aromatic N) is 2. The van der Waals surface area contributed by atoms with Crippen LogP contribution in [0.2, 0.25) is 0 Å². The fourth-order valence-corrected chi connectivity index (χ4v) is 4.13. The maximum absolute atomic E-state index is 12.3. The molecule has 2 rings (SSSR count). The van der Waals surface area contributed by atoms with E-state index in [-0.39, 0.29) is 12.7 Å². The molecule has 0 bridgehead atoms. The predicted molar refractivity (Wildman–Crippen MR) is 96.7 cm³/mol. The number of nitrogens with one attached hydrogen (secondary N) is 1. The van der Waals surface area contributed by atoms with E-state index in [2.05, 4.69) is 4.72 Å². The Morgan fingerprint density at radius 1 is 1.24 bits per heavy atom. The van der Waals surface area contributed by atoms with Crippen molar-refractivity contribution < 1.29 is 17.9 Å². The average molecular weight is 369 g/mol. The first-order valence-corrected chi connectivity index (χ1v) is 10.0. The normalized spacial score (nSPS) is 16.2. The van der Waals surface area contributed by atoms with E-state index in [1.165, 1.54) is 0 Å². The van der Waals surface area contributed by atoms with Crippen molar-refractivity contribution >= 4 is 16.1 Å². The van der Waals surface area contributed by atoms with Gasteiger partial charge >= 0.3 is 6.09 Å². The molecule has 1 N–H and O–H groups in total. The molecule has 140 valence electrons. The molecule has 1 amide bonds. The predicted octanol–water partition coefficient (Wildman–Crippen LogP) is 1.27. The quantitative estimate of drug-likeness (QED) is 0.783. The second-order valence-corrected chi connectivity index (χ2v) is 8.51. The van der Waals surface area contributed by atoms with Crippen molar-refractivity contribution in [1.29, 1.82) is 0 Å². The molecule has 1 heterocycles. The summed E-state index contributed by atoms with van der Waals surface area (Å²) >= 11 is 0. The van der Waals surface area contributed by atoms with Crippen molar-refractivity contribution in [3.8, 4) is 0 Å².